The summed E-state index contributed by atoms with van der Waals surface area (Å²) in [6.45, 7) is 2.40. The number of nitrogens with two attached hydrogens (primary N) is 2. The van der Waals surface area contributed by atoms with Crippen LogP contribution >= 0.6 is 0 Å². The van der Waals surface area contributed by atoms with Crippen molar-refractivity contribution in [3.8, 4) is 0 Å². The lowest BCUT2D eigenvalue weighted by molar-refractivity contribution is 0.100. The molecule has 0 fully saturated rings. The van der Waals surface area contributed by atoms with Gasteiger partial charge in [0.1, 0.15) is 0 Å². The maximum absolute atomic E-state index is 11.2. The molecule has 5 nitrogen and oxygen atoms in total. The van der Waals surface area contributed by atoms with Crippen LogP contribution in [0.25, 0.3) is 0 Å². The van der Waals surface area contributed by atoms with Crippen LogP contribution in [0.3, 0.4) is 0 Å². The molecule has 6 heteroatoms. The Balaban J connectivity index is 2.79. The maximum atomic E-state index is 11.2. The fraction of sp³-hybridized carbons (Fsp3) is 0.364. The highest BCUT2D eigenvalue weighted by molar-refractivity contribution is 7.84. The highest BCUT2D eigenvalue weighted by Crippen LogP contribution is 2.19. The number of hydrogen-bond donors (Lipinski definition) is 3. The standard InChI is InChI=1S/C11H17N3O2S/c1-7(17(2)16)6-14-10-5-8(11(13)15)3-4-9(10)12/h3-5,7,14H,6,12H2,1-2H3,(H2,13,15). The number of nitrogens with one attached hydrogen (secondary N) is 1. The molecule has 0 radical (unpaired) electrons. The average molecular weight is 255 g/mol. The van der Waals surface area contributed by atoms with Crippen LogP contribution in [0.5, 0.6) is 0 Å². The van der Waals surface area contributed by atoms with Crippen molar-refractivity contribution in [1.29, 1.82) is 0 Å². The number of anilines is 2. The Hall–Kier alpha value is -1.56. The zero-order valence-electron chi connectivity index (χ0n) is 9.90. The van der Waals surface area contributed by atoms with Crippen LogP contribution in [0.1, 0.15) is 17.3 Å². The van der Waals surface area contributed by atoms with Crippen molar-refractivity contribution in [3.05, 3.63) is 23.8 Å². The lowest BCUT2D eigenvalue weighted by Gasteiger charge is -2.13. The molecule has 17 heavy (non-hydrogen) atoms. The molecule has 0 saturated heterocycles. The monoisotopic (exact) mass is 255 g/mol. The van der Waals surface area contributed by atoms with Crippen LogP contribution in [-0.4, -0.2) is 28.2 Å². The molecule has 1 aromatic carbocycles. The number of rotatable bonds is 5. The van der Waals surface area contributed by atoms with Gasteiger partial charge in [-0.3, -0.25) is 9.00 Å². The average Bonchev–Trinajstić information content (AvgIpc) is 2.26. The lowest BCUT2D eigenvalue weighted by atomic mass is 10.1. The van der Waals surface area contributed by atoms with Gasteiger partial charge in [-0.2, -0.15) is 0 Å². The minimum absolute atomic E-state index is 0.00614. The third-order valence-corrected chi connectivity index (χ3v) is 3.78. The van der Waals surface area contributed by atoms with E-state index in [9.17, 15) is 9.00 Å². The number of hydrogen-bond acceptors (Lipinski definition) is 4. The van der Waals surface area contributed by atoms with Gasteiger partial charge in [-0.25, -0.2) is 0 Å². The topological polar surface area (TPSA) is 98.2 Å². The van der Waals surface area contributed by atoms with Crippen molar-refractivity contribution in [3.63, 3.8) is 0 Å². The molecule has 94 valence electrons. The number of carbonyl (C=O) groups is 1. The molecular weight excluding hydrogens is 238 g/mol. The van der Waals surface area contributed by atoms with Gasteiger partial charge in [-0.1, -0.05) is 0 Å². The summed E-state index contributed by atoms with van der Waals surface area (Å²) < 4.78 is 11.2. The summed E-state index contributed by atoms with van der Waals surface area (Å²) in [5.41, 5.74) is 12.5. The number of carbonyl (C=O) groups excluding carboxylic acids is 1. The molecule has 0 aliphatic heterocycles. The van der Waals surface area contributed by atoms with E-state index >= 15 is 0 Å². The van der Waals surface area contributed by atoms with Gasteiger partial charge in [-0.15, -0.1) is 0 Å². The Morgan fingerprint density at radius 3 is 2.71 bits per heavy atom. The van der Waals surface area contributed by atoms with E-state index in [1.807, 2.05) is 6.92 Å². The van der Waals surface area contributed by atoms with Crippen LogP contribution in [0, 0.1) is 0 Å². The second kappa shape index (κ2) is 5.67. The predicted octanol–water partition coefficient (Wildman–Crippen LogP) is 0.547. The van der Waals surface area contributed by atoms with Crippen LogP contribution in [-0.2, 0) is 10.8 Å². The Kier molecular flexibility index (Phi) is 4.51. The van der Waals surface area contributed by atoms with Crippen molar-refractivity contribution in [1.82, 2.24) is 0 Å². The van der Waals surface area contributed by atoms with Crippen LogP contribution < -0.4 is 16.8 Å². The first-order chi connectivity index (χ1) is 7.91. The number of benzene rings is 1. The second-order valence-corrected chi connectivity index (χ2v) is 5.66. The first-order valence-corrected chi connectivity index (χ1v) is 6.79. The van der Waals surface area contributed by atoms with Crippen molar-refractivity contribution in [2.45, 2.75) is 12.2 Å². The van der Waals surface area contributed by atoms with E-state index in [1.165, 1.54) is 0 Å². The maximum Gasteiger partial charge on any atom is 0.248 e. The van der Waals surface area contributed by atoms with Gasteiger partial charge in [-0.05, 0) is 25.1 Å². The first-order valence-electron chi connectivity index (χ1n) is 5.17. The van der Waals surface area contributed by atoms with Gasteiger partial charge in [0.2, 0.25) is 5.91 Å². The quantitative estimate of drug-likeness (QED) is 0.669. The first kappa shape index (κ1) is 13.5. The highest BCUT2D eigenvalue weighted by atomic mass is 32.2. The van der Waals surface area contributed by atoms with Gasteiger partial charge in [0.05, 0.1) is 11.4 Å². The van der Waals surface area contributed by atoms with E-state index in [0.29, 0.717) is 23.5 Å². The zero-order valence-corrected chi connectivity index (χ0v) is 10.7. The Bertz CT molecular complexity index is 448. The van der Waals surface area contributed by atoms with E-state index in [2.05, 4.69) is 5.32 Å². The molecular formula is C11H17N3O2S. The predicted molar refractivity (Wildman–Crippen MR) is 71.4 cm³/mol. The Morgan fingerprint density at radius 1 is 1.53 bits per heavy atom. The largest absolute Gasteiger partial charge is 0.397 e. The molecule has 0 bridgehead atoms. The fourth-order valence-electron chi connectivity index (χ4n) is 1.23. The van der Waals surface area contributed by atoms with Crippen molar-refractivity contribution >= 4 is 28.1 Å². The van der Waals surface area contributed by atoms with Crippen molar-refractivity contribution < 1.29 is 9.00 Å². The summed E-state index contributed by atoms with van der Waals surface area (Å²) in [5, 5.41) is 3.07. The van der Waals surface area contributed by atoms with Gasteiger partial charge >= 0.3 is 0 Å². The van der Waals surface area contributed by atoms with Crippen molar-refractivity contribution in [2.75, 3.05) is 23.9 Å². The molecule has 1 amide bonds. The van der Waals surface area contributed by atoms with E-state index in [1.54, 1.807) is 24.5 Å². The number of nitrogen functional groups attached to an aromatic ring is 1. The molecule has 2 unspecified atom stereocenters. The molecule has 0 aromatic heterocycles. The summed E-state index contributed by atoms with van der Waals surface area (Å²) in [6.07, 6.45) is 1.65. The Morgan fingerprint density at radius 2 is 2.18 bits per heavy atom. The lowest BCUT2D eigenvalue weighted by Crippen LogP contribution is -2.21. The van der Waals surface area contributed by atoms with Crippen LogP contribution in [0.2, 0.25) is 0 Å². The molecule has 5 N–H and O–H groups in total. The molecule has 0 spiro atoms. The molecule has 0 saturated carbocycles. The van der Waals surface area contributed by atoms with Gasteiger partial charge in [0, 0.05) is 34.4 Å². The van der Waals surface area contributed by atoms with Crippen LogP contribution in [0.15, 0.2) is 18.2 Å². The molecule has 0 aliphatic carbocycles. The SMILES string of the molecule is CC(CNc1cc(C(N)=O)ccc1N)S(C)=O. The minimum atomic E-state index is -0.900. The molecule has 0 aliphatic rings. The number of primary amides is 1. The fourth-order valence-corrected chi connectivity index (χ4v) is 1.55. The summed E-state index contributed by atoms with van der Waals surface area (Å²) in [4.78, 5) is 11.0. The van der Waals surface area contributed by atoms with Gasteiger partial charge in [0.15, 0.2) is 0 Å². The van der Waals surface area contributed by atoms with Gasteiger partial charge in [0.25, 0.3) is 0 Å². The smallest absolute Gasteiger partial charge is 0.248 e. The third-order valence-electron chi connectivity index (χ3n) is 2.48. The summed E-state index contributed by atoms with van der Waals surface area (Å²) in [6, 6.07) is 4.79. The summed E-state index contributed by atoms with van der Waals surface area (Å²) in [5.74, 6) is -0.500. The second-order valence-electron chi connectivity index (χ2n) is 3.86. The summed E-state index contributed by atoms with van der Waals surface area (Å²) >= 11 is 0. The zero-order chi connectivity index (χ0) is 13.0. The molecule has 0 heterocycles. The summed E-state index contributed by atoms with van der Waals surface area (Å²) in [7, 11) is -0.900. The highest BCUT2D eigenvalue weighted by Gasteiger charge is 2.08. The molecule has 1 aromatic rings. The van der Waals surface area contributed by atoms with Gasteiger partial charge < -0.3 is 16.8 Å². The normalized spacial score (nSPS) is 14.0. The molecule has 2 atom stereocenters. The third kappa shape index (κ3) is 3.74. The van der Waals surface area contributed by atoms with E-state index < -0.39 is 16.7 Å². The molecule has 1 rings (SSSR count). The van der Waals surface area contributed by atoms with E-state index in [-0.39, 0.29) is 5.25 Å². The van der Waals surface area contributed by atoms with E-state index in [0.717, 1.165) is 0 Å². The number of amides is 1. The van der Waals surface area contributed by atoms with Crippen molar-refractivity contribution in [2.24, 2.45) is 5.73 Å². The van der Waals surface area contributed by atoms with E-state index in [4.69, 9.17) is 11.5 Å². The Labute approximate surface area is 103 Å². The van der Waals surface area contributed by atoms with Crippen LogP contribution in [0.4, 0.5) is 11.4 Å². The minimum Gasteiger partial charge on any atom is -0.397 e.